The van der Waals surface area contributed by atoms with E-state index in [0.29, 0.717) is 33.8 Å². The second-order valence-corrected chi connectivity index (χ2v) is 9.34. The van der Waals surface area contributed by atoms with Crippen LogP contribution in [0.4, 0.5) is 0 Å². The highest BCUT2D eigenvalue weighted by Crippen LogP contribution is 2.24. The van der Waals surface area contributed by atoms with E-state index in [1.807, 2.05) is 44.2 Å². The van der Waals surface area contributed by atoms with Crippen molar-refractivity contribution >= 4 is 58.4 Å². The number of hydrogen-bond donors (Lipinski definition) is 1. The van der Waals surface area contributed by atoms with Crippen LogP contribution in [0.5, 0.6) is 0 Å². The summed E-state index contributed by atoms with van der Waals surface area (Å²) in [7, 11) is 0. The Kier molecular flexibility index (Phi) is 11.0. The van der Waals surface area contributed by atoms with Gasteiger partial charge in [0.15, 0.2) is 0 Å². The van der Waals surface area contributed by atoms with E-state index in [0.717, 1.165) is 17.5 Å². The molecule has 2 aromatic rings. The van der Waals surface area contributed by atoms with Crippen LogP contribution in [0, 0.1) is 0 Å². The molecule has 1 N–H and O–H groups in total. The van der Waals surface area contributed by atoms with Crippen molar-refractivity contribution in [1.82, 2.24) is 10.2 Å². The van der Waals surface area contributed by atoms with Crippen molar-refractivity contribution in [3.05, 3.63) is 68.7 Å². The zero-order chi connectivity index (χ0) is 22.8. The molecule has 0 saturated carbocycles. The van der Waals surface area contributed by atoms with Crippen molar-refractivity contribution in [1.29, 1.82) is 0 Å². The minimum Gasteiger partial charge on any atom is -0.354 e. The highest BCUT2D eigenvalue weighted by molar-refractivity contribution is 7.99. The quantitative estimate of drug-likeness (QED) is 0.398. The summed E-state index contributed by atoms with van der Waals surface area (Å²) < 4.78 is 0. The van der Waals surface area contributed by atoms with E-state index in [9.17, 15) is 9.59 Å². The number of carbonyl (C=O) groups is 2. The monoisotopic (exact) mass is 500 g/mol. The fourth-order valence-corrected chi connectivity index (χ4v) is 4.36. The molecule has 31 heavy (non-hydrogen) atoms. The van der Waals surface area contributed by atoms with Crippen molar-refractivity contribution in [2.45, 2.75) is 45.0 Å². The summed E-state index contributed by atoms with van der Waals surface area (Å²) in [6, 6.07) is 12.3. The first-order valence-corrected chi connectivity index (χ1v) is 12.5. The summed E-state index contributed by atoms with van der Waals surface area (Å²) in [5.41, 5.74) is 1.91. The van der Waals surface area contributed by atoms with Crippen molar-refractivity contribution in [2.24, 2.45) is 0 Å². The van der Waals surface area contributed by atoms with Crippen LogP contribution in [0.2, 0.25) is 15.1 Å². The molecular weight excluding hydrogens is 475 g/mol. The van der Waals surface area contributed by atoms with Crippen LogP contribution < -0.4 is 5.32 Å². The van der Waals surface area contributed by atoms with E-state index in [-0.39, 0.29) is 24.1 Å². The number of benzene rings is 2. The molecule has 0 saturated heterocycles. The van der Waals surface area contributed by atoms with Gasteiger partial charge in [-0.2, -0.15) is 0 Å². The van der Waals surface area contributed by atoms with Crippen LogP contribution in [-0.4, -0.2) is 35.1 Å². The van der Waals surface area contributed by atoms with Crippen molar-refractivity contribution in [3.8, 4) is 0 Å². The first-order valence-electron chi connectivity index (χ1n) is 10.2. The number of rotatable bonds is 11. The lowest BCUT2D eigenvalue weighted by Crippen LogP contribution is -2.49. The normalized spacial score (nSPS) is 11.8. The standard InChI is InChI=1S/C23H27Cl3N2O2S/c1-3-11-27-23(30)21(4-2)28(13-17-7-10-19(25)20(26)12-17)22(29)15-31-14-16-5-8-18(24)9-6-16/h5-10,12,21H,3-4,11,13-15H2,1-2H3,(H,27,30)/t21-/m0/s1. The Balaban J connectivity index is 2.13. The Labute approximate surface area is 203 Å². The Morgan fingerprint density at radius 3 is 2.29 bits per heavy atom. The van der Waals surface area contributed by atoms with E-state index >= 15 is 0 Å². The van der Waals surface area contributed by atoms with E-state index in [4.69, 9.17) is 34.8 Å². The van der Waals surface area contributed by atoms with Gasteiger partial charge in [-0.1, -0.05) is 66.8 Å². The number of carbonyl (C=O) groups excluding carboxylic acids is 2. The van der Waals surface area contributed by atoms with Crippen LogP contribution in [0.15, 0.2) is 42.5 Å². The van der Waals surface area contributed by atoms with Crippen LogP contribution in [0.3, 0.4) is 0 Å². The predicted molar refractivity (Wildman–Crippen MR) is 132 cm³/mol. The smallest absolute Gasteiger partial charge is 0.242 e. The van der Waals surface area contributed by atoms with Crippen molar-refractivity contribution < 1.29 is 9.59 Å². The number of hydrogen-bond acceptors (Lipinski definition) is 3. The zero-order valence-electron chi connectivity index (χ0n) is 17.7. The predicted octanol–water partition coefficient (Wildman–Crippen LogP) is 6.21. The molecule has 8 heteroatoms. The molecule has 0 fully saturated rings. The third-order valence-electron chi connectivity index (χ3n) is 4.68. The Bertz CT molecular complexity index is 878. The molecule has 2 aromatic carbocycles. The molecule has 0 bridgehead atoms. The van der Waals surface area contributed by atoms with Gasteiger partial charge in [-0.3, -0.25) is 9.59 Å². The number of nitrogens with one attached hydrogen (secondary N) is 1. The van der Waals surface area contributed by atoms with Gasteiger partial charge in [-0.15, -0.1) is 11.8 Å². The molecule has 0 aliphatic rings. The van der Waals surface area contributed by atoms with Crippen molar-refractivity contribution in [2.75, 3.05) is 12.3 Å². The van der Waals surface area contributed by atoms with Crippen LogP contribution in [-0.2, 0) is 21.9 Å². The SMILES string of the molecule is CCCNC(=O)[C@H](CC)N(Cc1ccc(Cl)c(Cl)c1)C(=O)CSCc1ccc(Cl)cc1. The van der Waals surface area contributed by atoms with Crippen LogP contribution in [0.1, 0.15) is 37.8 Å². The summed E-state index contributed by atoms with van der Waals surface area (Å²) in [4.78, 5) is 27.6. The molecule has 1 atom stereocenters. The zero-order valence-corrected chi connectivity index (χ0v) is 20.8. The average molecular weight is 502 g/mol. The molecule has 0 aliphatic heterocycles. The fraction of sp³-hybridized carbons (Fsp3) is 0.391. The third-order valence-corrected chi connectivity index (χ3v) is 6.66. The molecular formula is C23H27Cl3N2O2S. The minimum atomic E-state index is -0.551. The maximum atomic E-state index is 13.2. The minimum absolute atomic E-state index is 0.0939. The summed E-state index contributed by atoms with van der Waals surface area (Å²) in [5.74, 6) is 0.716. The van der Waals surface area contributed by atoms with Gasteiger partial charge in [0.25, 0.3) is 0 Å². The first-order chi connectivity index (χ1) is 14.8. The maximum absolute atomic E-state index is 13.2. The Morgan fingerprint density at radius 1 is 1.00 bits per heavy atom. The number of nitrogens with zero attached hydrogens (tertiary/aromatic N) is 1. The van der Waals surface area contributed by atoms with E-state index in [1.165, 1.54) is 11.8 Å². The van der Waals surface area contributed by atoms with Crippen LogP contribution in [0.25, 0.3) is 0 Å². The molecule has 0 aromatic heterocycles. The van der Waals surface area contributed by atoms with Crippen LogP contribution >= 0.6 is 46.6 Å². The van der Waals surface area contributed by atoms with Gasteiger partial charge in [0.1, 0.15) is 6.04 Å². The van der Waals surface area contributed by atoms with Gasteiger partial charge in [0.05, 0.1) is 15.8 Å². The third kappa shape index (κ3) is 8.23. The molecule has 0 unspecified atom stereocenters. The Morgan fingerprint density at radius 2 is 1.68 bits per heavy atom. The summed E-state index contributed by atoms with van der Waals surface area (Å²) in [5, 5.41) is 4.47. The molecule has 168 valence electrons. The highest BCUT2D eigenvalue weighted by Gasteiger charge is 2.28. The number of halogens is 3. The molecule has 4 nitrogen and oxygen atoms in total. The summed E-state index contributed by atoms with van der Waals surface area (Å²) >= 11 is 19.6. The lowest BCUT2D eigenvalue weighted by Gasteiger charge is -2.30. The van der Waals surface area contributed by atoms with E-state index in [2.05, 4.69) is 5.32 Å². The molecule has 0 aliphatic carbocycles. The molecule has 0 radical (unpaired) electrons. The topological polar surface area (TPSA) is 49.4 Å². The maximum Gasteiger partial charge on any atom is 0.242 e. The van der Waals surface area contributed by atoms with E-state index in [1.54, 1.807) is 17.0 Å². The Hall–Kier alpha value is -1.40. The lowest BCUT2D eigenvalue weighted by molar-refractivity contribution is -0.139. The molecule has 2 amide bonds. The van der Waals surface area contributed by atoms with Gasteiger partial charge in [0, 0.05) is 23.9 Å². The van der Waals surface area contributed by atoms with Gasteiger partial charge in [-0.25, -0.2) is 0 Å². The molecule has 2 rings (SSSR count). The average Bonchev–Trinajstić information content (AvgIpc) is 2.75. The largest absolute Gasteiger partial charge is 0.354 e. The summed E-state index contributed by atoms with van der Waals surface area (Å²) in [6.45, 7) is 4.77. The first kappa shape index (κ1) is 25.9. The second kappa shape index (κ2) is 13.2. The highest BCUT2D eigenvalue weighted by atomic mass is 35.5. The fourth-order valence-electron chi connectivity index (χ4n) is 3.04. The second-order valence-electron chi connectivity index (χ2n) is 7.10. The molecule has 0 spiro atoms. The van der Waals surface area contributed by atoms with E-state index < -0.39 is 6.04 Å². The summed E-state index contributed by atoms with van der Waals surface area (Å²) in [6.07, 6.45) is 1.35. The number of thioether (sulfide) groups is 1. The van der Waals surface area contributed by atoms with Gasteiger partial charge >= 0.3 is 0 Å². The van der Waals surface area contributed by atoms with Gasteiger partial charge < -0.3 is 10.2 Å². The number of amides is 2. The van der Waals surface area contributed by atoms with Gasteiger partial charge in [-0.05, 0) is 48.2 Å². The van der Waals surface area contributed by atoms with Crippen molar-refractivity contribution in [3.63, 3.8) is 0 Å². The lowest BCUT2D eigenvalue weighted by atomic mass is 10.1. The molecule has 0 heterocycles. The van der Waals surface area contributed by atoms with Gasteiger partial charge in [0.2, 0.25) is 11.8 Å².